The van der Waals surface area contributed by atoms with Crippen molar-refractivity contribution in [3.05, 3.63) is 21.9 Å². The summed E-state index contributed by atoms with van der Waals surface area (Å²) in [5.74, 6) is 0.148. The fourth-order valence-electron chi connectivity index (χ4n) is 2.33. The van der Waals surface area contributed by atoms with Crippen molar-refractivity contribution in [2.75, 3.05) is 13.7 Å². The molecule has 1 aliphatic carbocycles. The summed E-state index contributed by atoms with van der Waals surface area (Å²) in [5.41, 5.74) is 1.21. The molecule has 0 aliphatic heterocycles. The van der Waals surface area contributed by atoms with E-state index < -0.39 is 0 Å². The zero-order valence-electron chi connectivity index (χ0n) is 10.3. The minimum atomic E-state index is -0.105. The van der Waals surface area contributed by atoms with E-state index in [0.29, 0.717) is 0 Å². The quantitative estimate of drug-likeness (QED) is 0.895. The number of aryl methyl sites for hydroxylation is 1. The first-order valence-corrected chi connectivity index (χ1v) is 6.97. The van der Waals surface area contributed by atoms with Gasteiger partial charge in [0.05, 0.1) is 18.6 Å². The maximum Gasteiger partial charge on any atom is 0.230 e. The topological polar surface area (TPSA) is 40.5 Å². The first kappa shape index (κ1) is 12.6. The zero-order chi connectivity index (χ0) is 12.4. The van der Waals surface area contributed by atoms with Crippen LogP contribution in [0.25, 0.3) is 0 Å². The molecule has 0 saturated heterocycles. The van der Waals surface area contributed by atoms with Crippen LogP contribution in [-0.2, 0) is 11.2 Å². The van der Waals surface area contributed by atoms with Gasteiger partial charge >= 0.3 is 0 Å². The van der Waals surface area contributed by atoms with Crippen molar-refractivity contribution in [1.82, 2.24) is 4.90 Å². The lowest BCUT2D eigenvalue weighted by atomic mass is 9.86. The minimum Gasteiger partial charge on any atom is -0.394 e. The summed E-state index contributed by atoms with van der Waals surface area (Å²) in [6.45, 7) is 1.89. The number of amides is 1. The zero-order valence-corrected chi connectivity index (χ0v) is 11.2. The maximum absolute atomic E-state index is 12.4. The number of nitrogens with zero attached hydrogens (tertiary/aromatic N) is 1. The van der Waals surface area contributed by atoms with E-state index in [1.165, 1.54) is 10.4 Å². The molecule has 1 amide bonds. The molecule has 17 heavy (non-hydrogen) atoms. The average molecular weight is 253 g/mol. The molecule has 2 rings (SSSR count). The second kappa shape index (κ2) is 5.19. The van der Waals surface area contributed by atoms with E-state index in [1.54, 1.807) is 23.3 Å². The van der Waals surface area contributed by atoms with E-state index in [2.05, 4.69) is 11.4 Å². The van der Waals surface area contributed by atoms with Gasteiger partial charge in [0, 0.05) is 11.9 Å². The fraction of sp³-hybridized carbons (Fsp3) is 0.615. The van der Waals surface area contributed by atoms with Gasteiger partial charge in [-0.25, -0.2) is 0 Å². The van der Waals surface area contributed by atoms with Crippen LogP contribution in [0.3, 0.4) is 0 Å². The normalized spacial score (nSPS) is 20.8. The van der Waals surface area contributed by atoms with Crippen LogP contribution in [0.15, 0.2) is 11.4 Å². The summed E-state index contributed by atoms with van der Waals surface area (Å²) >= 11 is 1.75. The molecule has 2 unspecified atom stereocenters. The summed E-state index contributed by atoms with van der Waals surface area (Å²) in [5, 5.41) is 11.2. The van der Waals surface area contributed by atoms with E-state index in [-0.39, 0.29) is 24.5 Å². The van der Waals surface area contributed by atoms with Gasteiger partial charge in [-0.15, -0.1) is 11.3 Å². The summed E-state index contributed by atoms with van der Waals surface area (Å²) in [6, 6.07) is 1.98. The first-order chi connectivity index (χ1) is 8.15. The number of thiophene rings is 1. The van der Waals surface area contributed by atoms with Crippen LogP contribution in [0, 0.1) is 0 Å². The molecule has 2 atom stereocenters. The highest BCUT2D eigenvalue weighted by Gasteiger charge is 2.30. The number of aliphatic hydroxyl groups excluding tert-OH is 1. The number of hydrogen-bond acceptors (Lipinski definition) is 3. The van der Waals surface area contributed by atoms with Crippen LogP contribution in [0.2, 0.25) is 0 Å². The van der Waals surface area contributed by atoms with Crippen LogP contribution in [0.1, 0.15) is 36.1 Å². The Labute approximate surface area is 106 Å². The molecule has 4 heteroatoms. The van der Waals surface area contributed by atoms with Crippen LogP contribution in [0.5, 0.6) is 0 Å². The van der Waals surface area contributed by atoms with Gasteiger partial charge < -0.3 is 10.0 Å². The molecule has 94 valence electrons. The molecule has 1 aromatic heterocycles. The Hall–Kier alpha value is -0.870. The minimum absolute atomic E-state index is 0.00370. The van der Waals surface area contributed by atoms with Crippen LogP contribution < -0.4 is 0 Å². The Morgan fingerprint density at radius 2 is 2.47 bits per heavy atom. The fourth-order valence-corrected chi connectivity index (χ4v) is 3.32. The molecule has 0 bridgehead atoms. The Bertz CT molecular complexity index is 402. The molecule has 1 heterocycles. The smallest absolute Gasteiger partial charge is 0.230 e. The highest BCUT2D eigenvalue weighted by molar-refractivity contribution is 7.10. The van der Waals surface area contributed by atoms with Gasteiger partial charge in [-0.2, -0.15) is 0 Å². The summed E-state index contributed by atoms with van der Waals surface area (Å²) in [6.07, 6.45) is 3.13. The van der Waals surface area contributed by atoms with Gasteiger partial charge in [-0.3, -0.25) is 4.79 Å². The maximum atomic E-state index is 12.4. The van der Waals surface area contributed by atoms with Crippen molar-refractivity contribution in [3.63, 3.8) is 0 Å². The van der Waals surface area contributed by atoms with E-state index in [4.69, 9.17) is 5.11 Å². The number of carbonyl (C=O) groups is 1. The number of fused-ring (bicyclic) bond motifs is 1. The second-order valence-corrected chi connectivity index (χ2v) is 5.73. The summed E-state index contributed by atoms with van der Waals surface area (Å²) in [4.78, 5) is 15.4. The van der Waals surface area contributed by atoms with E-state index in [9.17, 15) is 4.79 Å². The highest BCUT2D eigenvalue weighted by Crippen LogP contribution is 2.36. The SMILES string of the molecule is CC(CO)N(C)C(=O)C1CCCc2sccc21. The molecule has 3 nitrogen and oxygen atoms in total. The van der Waals surface area contributed by atoms with Crippen molar-refractivity contribution in [2.45, 2.75) is 38.1 Å². The van der Waals surface area contributed by atoms with E-state index >= 15 is 0 Å². The number of rotatable bonds is 3. The van der Waals surface area contributed by atoms with E-state index in [1.807, 2.05) is 6.92 Å². The van der Waals surface area contributed by atoms with Crippen molar-refractivity contribution in [2.24, 2.45) is 0 Å². The molecule has 0 spiro atoms. The number of likely N-dealkylation sites (N-methyl/N-ethyl adjacent to an activating group) is 1. The summed E-state index contributed by atoms with van der Waals surface area (Å²) in [7, 11) is 1.78. The molecule has 1 aliphatic rings. The third-order valence-electron chi connectivity index (χ3n) is 3.62. The lowest BCUT2D eigenvalue weighted by Crippen LogP contribution is -2.40. The summed E-state index contributed by atoms with van der Waals surface area (Å²) < 4.78 is 0. The van der Waals surface area contributed by atoms with Gasteiger partial charge in [0.2, 0.25) is 5.91 Å². The van der Waals surface area contributed by atoms with Crippen LogP contribution in [-0.4, -0.2) is 35.6 Å². The van der Waals surface area contributed by atoms with Gasteiger partial charge in [-0.1, -0.05) is 0 Å². The van der Waals surface area contributed by atoms with Crippen LogP contribution >= 0.6 is 11.3 Å². The van der Waals surface area contributed by atoms with Gasteiger partial charge in [-0.05, 0) is 43.2 Å². The lowest BCUT2D eigenvalue weighted by Gasteiger charge is -2.30. The Kier molecular flexibility index (Phi) is 3.84. The highest BCUT2D eigenvalue weighted by atomic mass is 32.1. The Balaban J connectivity index is 2.17. The number of hydrogen-bond donors (Lipinski definition) is 1. The third kappa shape index (κ3) is 2.38. The van der Waals surface area contributed by atoms with Gasteiger partial charge in [0.15, 0.2) is 0 Å². The molecule has 0 fully saturated rings. The molecule has 0 aromatic carbocycles. The number of carbonyl (C=O) groups excluding carboxylic acids is 1. The predicted octanol–water partition coefficient (Wildman–Crippen LogP) is 2.01. The molecule has 0 radical (unpaired) electrons. The van der Waals surface area contributed by atoms with Crippen molar-refractivity contribution >= 4 is 17.2 Å². The van der Waals surface area contributed by atoms with Crippen LogP contribution in [0.4, 0.5) is 0 Å². The van der Waals surface area contributed by atoms with Gasteiger partial charge in [0.1, 0.15) is 0 Å². The van der Waals surface area contributed by atoms with Gasteiger partial charge in [0.25, 0.3) is 0 Å². The molecular weight excluding hydrogens is 234 g/mol. The van der Waals surface area contributed by atoms with Crippen molar-refractivity contribution in [3.8, 4) is 0 Å². The molecular formula is C13H19NO2S. The average Bonchev–Trinajstić information content (AvgIpc) is 2.83. The standard InChI is InChI=1S/C13H19NO2S/c1-9(8-15)14(2)13(16)11-4-3-5-12-10(11)6-7-17-12/h6-7,9,11,15H,3-5,8H2,1-2H3. The second-order valence-electron chi connectivity index (χ2n) is 4.72. The predicted molar refractivity (Wildman–Crippen MR) is 69.3 cm³/mol. The Morgan fingerprint density at radius 3 is 3.18 bits per heavy atom. The van der Waals surface area contributed by atoms with E-state index in [0.717, 1.165) is 19.3 Å². The largest absolute Gasteiger partial charge is 0.394 e. The number of aliphatic hydroxyl groups is 1. The molecule has 1 aromatic rings. The molecule has 1 N–H and O–H groups in total. The monoisotopic (exact) mass is 253 g/mol. The Morgan fingerprint density at radius 1 is 1.71 bits per heavy atom. The molecule has 0 saturated carbocycles. The third-order valence-corrected chi connectivity index (χ3v) is 4.62. The lowest BCUT2D eigenvalue weighted by molar-refractivity contribution is -0.134. The first-order valence-electron chi connectivity index (χ1n) is 6.09. The van der Waals surface area contributed by atoms with Crippen molar-refractivity contribution < 1.29 is 9.90 Å². The van der Waals surface area contributed by atoms with Crippen molar-refractivity contribution in [1.29, 1.82) is 0 Å².